The van der Waals surface area contributed by atoms with Crippen molar-refractivity contribution in [2.24, 2.45) is 5.92 Å². The fourth-order valence-corrected chi connectivity index (χ4v) is 2.44. The maximum atomic E-state index is 13.4. The minimum Gasteiger partial charge on any atom is -0.380 e. The molecule has 1 fully saturated rings. The van der Waals surface area contributed by atoms with Crippen LogP contribution in [-0.4, -0.2) is 12.2 Å². The highest BCUT2D eigenvalue weighted by Crippen LogP contribution is 2.38. The van der Waals surface area contributed by atoms with Crippen LogP contribution >= 0.6 is 0 Å². The molecule has 1 saturated carbocycles. The number of halogens is 5. The molecule has 19 heavy (non-hydrogen) atoms. The van der Waals surface area contributed by atoms with Crippen LogP contribution in [0.3, 0.4) is 0 Å². The minimum absolute atomic E-state index is 0.0502. The van der Waals surface area contributed by atoms with E-state index in [-0.39, 0.29) is 18.5 Å². The number of nitrogens with one attached hydrogen (secondary N) is 1. The summed E-state index contributed by atoms with van der Waals surface area (Å²) in [4.78, 5) is 0. The van der Waals surface area contributed by atoms with Crippen LogP contribution in [0.1, 0.15) is 25.7 Å². The third-order valence-corrected chi connectivity index (χ3v) is 3.43. The van der Waals surface area contributed by atoms with E-state index in [4.69, 9.17) is 0 Å². The molecule has 0 amide bonds. The molecule has 1 aromatic rings. The second kappa shape index (κ2) is 5.35. The van der Waals surface area contributed by atoms with Crippen molar-refractivity contribution in [2.45, 2.75) is 37.9 Å². The smallest absolute Gasteiger partial charge is 0.380 e. The summed E-state index contributed by atoms with van der Waals surface area (Å²) in [5.41, 5.74) is 0.0502. The highest BCUT2D eigenvalue weighted by molar-refractivity contribution is 5.45. The van der Waals surface area contributed by atoms with Crippen molar-refractivity contribution in [3.8, 4) is 0 Å². The fourth-order valence-electron chi connectivity index (χ4n) is 2.44. The zero-order valence-electron chi connectivity index (χ0n) is 10.1. The highest BCUT2D eigenvalue weighted by atomic mass is 19.4. The van der Waals surface area contributed by atoms with E-state index in [1.165, 1.54) is 6.07 Å². The van der Waals surface area contributed by atoms with E-state index in [0.717, 1.165) is 6.07 Å². The number of anilines is 1. The van der Waals surface area contributed by atoms with E-state index in [2.05, 4.69) is 5.32 Å². The van der Waals surface area contributed by atoms with Gasteiger partial charge in [-0.25, -0.2) is 8.78 Å². The molecular weight excluding hydrogens is 265 g/mol. The molecule has 0 spiro atoms. The number of alkyl halides is 3. The standard InChI is InChI=1S/C13H14F5N/c14-9-4-5-12(11(15)7-9)19-10-3-1-2-8(6-10)13(16,17)18/h4-5,7-8,10,19H,1-3,6H2. The second-order valence-electron chi connectivity index (χ2n) is 4.87. The zero-order chi connectivity index (χ0) is 14.0. The van der Waals surface area contributed by atoms with Gasteiger partial charge in [-0.15, -0.1) is 0 Å². The lowest BCUT2D eigenvalue weighted by Gasteiger charge is -2.31. The molecular formula is C13H14F5N. The maximum Gasteiger partial charge on any atom is 0.391 e. The van der Waals surface area contributed by atoms with E-state index in [1.807, 2.05) is 0 Å². The van der Waals surface area contributed by atoms with Gasteiger partial charge in [0.05, 0.1) is 11.6 Å². The minimum atomic E-state index is -4.21. The number of benzene rings is 1. The van der Waals surface area contributed by atoms with Crippen molar-refractivity contribution in [3.05, 3.63) is 29.8 Å². The molecule has 1 aliphatic carbocycles. The first kappa shape index (κ1) is 14.1. The van der Waals surface area contributed by atoms with E-state index in [9.17, 15) is 22.0 Å². The summed E-state index contributed by atoms with van der Waals surface area (Å²) in [6, 6.07) is 2.57. The normalized spacial score (nSPS) is 24.3. The molecule has 1 nitrogen and oxygen atoms in total. The SMILES string of the molecule is Fc1ccc(NC2CCCC(C(F)(F)F)C2)c(F)c1. The van der Waals surface area contributed by atoms with Crippen LogP contribution in [-0.2, 0) is 0 Å². The van der Waals surface area contributed by atoms with Crippen molar-refractivity contribution in [1.82, 2.24) is 0 Å². The van der Waals surface area contributed by atoms with Gasteiger partial charge in [0.15, 0.2) is 0 Å². The molecule has 0 saturated heterocycles. The topological polar surface area (TPSA) is 12.0 Å². The van der Waals surface area contributed by atoms with Gasteiger partial charge in [0.2, 0.25) is 0 Å². The average Bonchev–Trinajstić information content (AvgIpc) is 2.32. The van der Waals surface area contributed by atoms with Gasteiger partial charge in [0.25, 0.3) is 0 Å². The summed E-state index contributed by atoms with van der Waals surface area (Å²) < 4.78 is 64.0. The van der Waals surface area contributed by atoms with Crippen molar-refractivity contribution in [3.63, 3.8) is 0 Å². The summed E-state index contributed by atoms with van der Waals surface area (Å²) >= 11 is 0. The van der Waals surface area contributed by atoms with Gasteiger partial charge in [-0.05, 0) is 31.4 Å². The molecule has 1 aromatic carbocycles. The van der Waals surface area contributed by atoms with Crippen LogP contribution in [0.5, 0.6) is 0 Å². The van der Waals surface area contributed by atoms with Crippen LogP contribution in [0.2, 0.25) is 0 Å². The van der Waals surface area contributed by atoms with Crippen LogP contribution in [0.15, 0.2) is 18.2 Å². The third kappa shape index (κ3) is 3.58. The Balaban J connectivity index is 2.03. The van der Waals surface area contributed by atoms with Gasteiger partial charge in [-0.3, -0.25) is 0 Å². The molecule has 2 rings (SSSR count). The van der Waals surface area contributed by atoms with Gasteiger partial charge in [0, 0.05) is 12.1 Å². The average molecular weight is 279 g/mol. The lowest BCUT2D eigenvalue weighted by atomic mass is 9.85. The van der Waals surface area contributed by atoms with Crippen molar-refractivity contribution in [2.75, 3.05) is 5.32 Å². The van der Waals surface area contributed by atoms with E-state index in [1.54, 1.807) is 0 Å². The van der Waals surface area contributed by atoms with Crippen LogP contribution in [0.4, 0.5) is 27.6 Å². The molecule has 0 heterocycles. The molecule has 1 N–H and O–H groups in total. The number of hydrogen-bond donors (Lipinski definition) is 1. The Morgan fingerprint density at radius 1 is 1.11 bits per heavy atom. The molecule has 6 heteroatoms. The lowest BCUT2D eigenvalue weighted by molar-refractivity contribution is -0.182. The summed E-state index contributed by atoms with van der Waals surface area (Å²) in [7, 11) is 0. The molecule has 0 bridgehead atoms. The summed E-state index contributed by atoms with van der Waals surface area (Å²) in [6.45, 7) is 0. The molecule has 0 aliphatic heterocycles. The van der Waals surface area contributed by atoms with Gasteiger partial charge < -0.3 is 5.32 Å². The Morgan fingerprint density at radius 2 is 1.84 bits per heavy atom. The largest absolute Gasteiger partial charge is 0.391 e. The van der Waals surface area contributed by atoms with Crippen molar-refractivity contribution in [1.29, 1.82) is 0 Å². The van der Waals surface area contributed by atoms with E-state index < -0.39 is 29.8 Å². The van der Waals surface area contributed by atoms with Crippen molar-refractivity contribution < 1.29 is 22.0 Å². The molecule has 106 valence electrons. The predicted molar refractivity (Wildman–Crippen MR) is 61.8 cm³/mol. The van der Waals surface area contributed by atoms with Gasteiger partial charge in [-0.1, -0.05) is 6.42 Å². The third-order valence-electron chi connectivity index (χ3n) is 3.43. The van der Waals surface area contributed by atoms with Gasteiger partial charge >= 0.3 is 6.18 Å². The first-order chi connectivity index (χ1) is 8.86. The Morgan fingerprint density at radius 3 is 2.47 bits per heavy atom. The van der Waals surface area contributed by atoms with Crippen LogP contribution in [0.25, 0.3) is 0 Å². The monoisotopic (exact) mass is 279 g/mol. The summed E-state index contributed by atoms with van der Waals surface area (Å²) in [6.07, 6.45) is -3.15. The first-order valence-corrected chi connectivity index (χ1v) is 6.14. The van der Waals surface area contributed by atoms with Gasteiger partial charge in [-0.2, -0.15) is 13.2 Å². The van der Waals surface area contributed by atoms with E-state index in [0.29, 0.717) is 18.9 Å². The molecule has 0 aromatic heterocycles. The van der Waals surface area contributed by atoms with Gasteiger partial charge in [0.1, 0.15) is 11.6 Å². The number of rotatable bonds is 2. The van der Waals surface area contributed by atoms with Crippen LogP contribution in [0, 0.1) is 17.6 Å². The Hall–Kier alpha value is -1.33. The summed E-state index contributed by atoms with van der Waals surface area (Å²) in [5, 5.41) is 2.74. The quantitative estimate of drug-likeness (QED) is 0.786. The van der Waals surface area contributed by atoms with Crippen LogP contribution < -0.4 is 5.32 Å². The molecule has 2 unspecified atom stereocenters. The Bertz CT molecular complexity index is 443. The Labute approximate surface area is 107 Å². The second-order valence-corrected chi connectivity index (χ2v) is 4.87. The summed E-state index contributed by atoms with van der Waals surface area (Å²) in [5.74, 6) is -2.84. The molecule has 2 atom stereocenters. The molecule has 1 aliphatic rings. The van der Waals surface area contributed by atoms with Crippen molar-refractivity contribution >= 4 is 5.69 Å². The maximum absolute atomic E-state index is 13.4. The predicted octanol–water partition coefficient (Wildman–Crippen LogP) is 4.50. The van der Waals surface area contributed by atoms with E-state index >= 15 is 0 Å². The first-order valence-electron chi connectivity index (χ1n) is 6.14. The fraction of sp³-hybridized carbons (Fsp3) is 0.538. The molecule has 0 radical (unpaired) electrons. The zero-order valence-corrected chi connectivity index (χ0v) is 10.1. The Kier molecular flexibility index (Phi) is 3.96. The number of hydrogen-bond acceptors (Lipinski definition) is 1. The lowest BCUT2D eigenvalue weighted by Crippen LogP contribution is -2.34. The highest BCUT2D eigenvalue weighted by Gasteiger charge is 2.42.